The first-order chi connectivity index (χ1) is 10.1. The van der Waals surface area contributed by atoms with Crippen LogP contribution in [0.25, 0.3) is 0 Å². The standard InChI is InChI=1S/C14H19BrN4OS/c1-4-7-10-14(21-18-16-10)12(20)8-11-13(15)9(5-2)17-19(11)6-3/h4-8H2,1-3H3. The molecule has 2 heterocycles. The van der Waals surface area contributed by atoms with Crippen molar-refractivity contribution < 1.29 is 4.79 Å². The highest BCUT2D eigenvalue weighted by Gasteiger charge is 2.21. The van der Waals surface area contributed by atoms with Crippen LogP contribution in [0, 0.1) is 0 Å². The van der Waals surface area contributed by atoms with Gasteiger partial charge in [-0.3, -0.25) is 9.48 Å². The molecule has 0 aliphatic heterocycles. The molecule has 0 atom stereocenters. The van der Waals surface area contributed by atoms with Gasteiger partial charge in [-0.15, -0.1) is 5.10 Å². The van der Waals surface area contributed by atoms with Crippen molar-refractivity contribution >= 4 is 33.2 Å². The van der Waals surface area contributed by atoms with Crippen molar-refractivity contribution in [3.63, 3.8) is 0 Å². The van der Waals surface area contributed by atoms with Gasteiger partial charge in [0.05, 0.1) is 28.0 Å². The summed E-state index contributed by atoms with van der Waals surface area (Å²) in [5, 5.41) is 8.60. The first kappa shape index (κ1) is 16.3. The monoisotopic (exact) mass is 370 g/mol. The average Bonchev–Trinajstić information content (AvgIpc) is 3.05. The van der Waals surface area contributed by atoms with Crippen LogP contribution < -0.4 is 0 Å². The summed E-state index contributed by atoms with van der Waals surface area (Å²) in [4.78, 5) is 13.2. The van der Waals surface area contributed by atoms with E-state index in [1.165, 1.54) is 11.5 Å². The first-order valence-electron chi connectivity index (χ1n) is 7.20. The van der Waals surface area contributed by atoms with Crippen LogP contribution in [0.1, 0.15) is 53.9 Å². The number of rotatable bonds is 7. The molecular formula is C14H19BrN4OS. The Morgan fingerprint density at radius 2 is 2.05 bits per heavy atom. The molecule has 0 N–H and O–H groups in total. The second-order valence-corrected chi connectivity index (χ2v) is 6.32. The lowest BCUT2D eigenvalue weighted by Crippen LogP contribution is -2.10. The van der Waals surface area contributed by atoms with Crippen LogP contribution in [0.3, 0.4) is 0 Å². The van der Waals surface area contributed by atoms with E-state index in [4.69, 9.17) is 0 Å². The molecule has 0 unspecified atom stereocenters. The Balaban J connectivity index is 2.27. The van der Waals surface area contributed by atoms with Gasteiger partial charge in [0, 0.05) is 6.54 Å². The molecule has 2 aromatic heterocycles. The molecule has 5 nitrogen and oxygen atoms in total. The third-order valence-electron chi connectivity index (χ3n) is 3.32. The van der Waals surface area contributed by atoms with Gasteiger partial charge in [-0.05, 0) is 47.2 Å². The molecular weight excluding hydrogens is 352 g/mol. The largest absolute Gasteiger partial charge is 0.293 e. The fourth-order valence-electron chi connectivity index (χ4n) is 2.24. The summed E-state index contributed by atoms with van der Waals surface area (Å²) < 4.78 is 6.78. The number of carbonyl (C=O) groups is 1. The number of carbonyl (C=O) groups excluding carboxylic acids is 1. The Bertz CT molecular complexity index is 635. The van der Waals surface area contributed by atoms with Gasteiger partial charge < -0.3 is 0 Å². The average molecular weight is 371 g/mol. The molecule has 0 fully saturated rings. The van der Waals surface area contributed by atoms with Crippen LogP contribution in [0.5, 0.6) is 0 Å². The van der Waals surface area contributed by atoms with Crippen molar-refractivity contribution in [3.8, 4) is 0 Å². The van der Waals surface area contributed by atoms with Crippen LogP contribution in [0.2, 0.25) is 0 Å². The minimum Gasteiger partial charge on any atom is -0.293 e. The Kier molecular flexibility index (Phi) is 5.64. The van der Waals surface area contributed by atoms with E-state index in [2.05, 4.69) is 44.5 Å². The van der Waals surface area contributed by atoms with Crippen LogP contribution >= 0.6 is 27.5 Å². The van der Waals surface area contributed by atoms with E-state index >= 15 is 0 Å². The Hall–Kier alpha value is -1.08. The topological polar surface area (TPSA) is 60.7 Å². The second-order valence-electron chi connectivity index (χ2n) is 4.78. The van der Waals surface area contributed by atoms with Crippen LogP contribution in [0.4, 0.5) is 0 Å². The number of nitrogens with zero attached hydrogens (tertiary/aromatic N) is 4. The summed E-state index contributed by atoms with van der Waals surface area (Å²) in [5.74, 6) is 0.0754. The minimum absolute atomic E-state index is 0.0754. The van der Waals surface area contributed by atoms with Gasteiger partial charge in [0.15, 0.2) is 5.78 Å². The zero-order chi connectivity index (χ0) is 15.4. The molecule has 0 saturated carbocycles. The molecule has 0 aliphatic rings. The van der Waals surface area contributed by atoms with Crippen LogP contribution in [-0.4, -0.2) is 25.2 Å². The molecule has 0 aromatic carbocycles. The lowest BCUT2D eigenvalue weighted by Gasteiger charge is -2.04. The number of ketones is 1. The third kappa shape index (κ3) is 3.40. The van der Waals surface area contributed by atoms with Gasteiger partial charge in [-0.1, -0.05) is 24.8 Å². The predicted octanol–water partition coefficient (Wildman–Crippen LogP) is 3.46. The van der Waals surface area contributed by atoms with Crippen molar-refractivity contribution in [1.82, 2.24) is 19.4 Å². The van der Waals surface area contributed by atoms with E-state index in [9.17, 15) is 4.79 Å². The highest BCUT2D eigenvalue weighted by atomic mass is 79.9. The third-order valence-corrected chi connectivity index (χ3v) is 5.04. The molecule has 0 spiro atoms. The molecule has 0 bridgehead atoms. The molecule has 0 amide bonds. The van der Waals surface area contributed by atoms with Crippen LogP contribution in [-0.2, 0) is 25.8 Å². The van der Waals surface area contributed by atoms with E-state index in [0.29, 0.717) is 11.3 Å². The summed E-state index contributed by atoms with van der Waals surface area (Å²) in [6.07, 6.45) is 2.94. The molecule has 2 aromatic rings. The van der Waals surface area contributed by atoms with Crippen molar-refractivity contribution in [2.45, 2.75) is 53.0 Å². The smallest absolute Gasteiger partial charge is 0.182 e. The maximum atomic E-state index is 12.6. The minimum atomic E-state index is 0.0754. The van der Waals surface area contributed by atoms with E-state index in [-0.39, 0.29) is 5.78 Å². The normalized spacial score (nSPS) is 11.0. The number of hydrogen-bond donors (Lipinski definition) is 0. The van der Waals surface area contributed by atoms with Crippen molar-refractivity contribution in [1.29, 1.82) is 0 Å². The molecule has 0 saturated heterocycles. The lowest BCUT2D eigenvalue weighted by molar-refractivity contribution is 0.0993. The highest BCUT2D eigenvalue weighted by molar-refractivity contribution is 9.10. The Labute approximate surface area is 137 Å². The Morgan fingerprint density at radius 3 is 2.67 bits per heavy atom. The van der Waals surface area contributed by atoms with E-state index in [1.807, 2.05) is 11.6 Å². The second kappa shape index (κ2) is 7.26. The number of hydrogen-bond acceptors (Lipinski definition) is 5. The summed E-state index contributed by atoms with van der Waals surface area (Å²) >= 11 is 4.77. The Morgan fingerprint density at radius 1 is 1.29 bits per heavy atom. The highest BCUT2D eigenvalue weighted by Crippen LogP contribution is 2.25. The quantitative estimate of drug-likeness (QED) is 0.700. The maximum Gasteiger partial charge on any atom is 0.182 e. The number of Topliss-reactive ketones (excluding diaryl/α,β-unsaturated/α-hetero) is 1. The number of aromatic nitrogens is 4. The van der Waals surface area contributed by atoms with Gasteiger partial charge in [-0.2, -0.15) is 5.10 Å². The first-order valence-corrected chi connectivity index (χ1v) is 8.77. The van der Waals surface area contributed by atoms with Gasteiger partial charge in [0.2, 0.25) is 0 Å². The van der Waals surface area contributed by atoms with Crippen molar-refractivity contribution in [3.05, 3.63) is 26.4 Å². The van der Waals surface area contributed by atoms with Crippen molar-refractivity contribution in [2.24, 2.45) is 0 Å². The SMILES string of the molecule is CCCc1nnsc1C(=O)Cc1c(Br)c(CC)nn1CC. The lowest BCUT2D eigenvalue weighted by atomic mass is 10.1. The van der Waals surface area contributed by atoms with Gasteiger partial charge >= 0.3 is 0 Å². The summed E-state index contributed by atoms with van der Waals surface area (Å²) in [7, 11) is 0. The number of halogens is 1. The summed E-state index contributed by atoms with van der Waals surface area (Å²) in [5.41, 5.74) is 2.76. The zero-order valence-corrected chi connectivity index (χ0v) is 14.9. The van der Waals surface area contributed by atoms with Gasteiger partial charge in [0.1, 0.15) is 4.88 Å². The van der Waals surface area contributed by atoms with Gasteiger partial charge in [-0.25, -0.2) is 0 Å². The van der Waals surface area contributed by atoms with E-state index < -0.39 is 0 Å². The fourth-order valence-corrected chi connectivity index (χ4v) is 3.59. The van der Waals surface area contributed by atoms with E-state index in [1.54, 1.807) is 0 Å². The summed E-state index contributed by atoms with van der Waals surface area (Å²) in [6.45, 7) is 6.92. The zero-order valence-electron chi connectivity index (χ0n) is 12.5. The van der Waals surface area contributed by atoms with Crippen LogP contribution in [0.15, 0.2) is 4.47 Å². The molecule has 21 heavy (non-hydrogen) atoms. The van der Waals surface area contributed by atoms with Gasteiger partial charge in [0.25, 0.3) is 0 Å². The van der Waals surface area contributed by atoms with E-state index in [0.717, 1.165) is 47.4 Å². The van der Waals surface area contributed by atoms with Crippen molar-refractivity contribution in [2.75, 3.05) is 0 Å². The molecule has 114 valence electrons. The molecule has 7 heteroatoms. The molecule has 2 rings (SSSR count). The molecule has 0 radical (unpaired) electrons. The fraction of sp³-hybridized carbons (Fsp3) is 0.571. The number of aryl methyl sites for hydroxylation is 3. The maximum absolute atomic E-state index is 12.6. The summed E-state index contributed by atoms with van der Waals surface area (Å²) in [6, 6.07) is 0. The predicted molar refractivity (Wildman–Crippen MR) is 86.9 cm³/mol. The molecule has 0 aliphatic carbocycles.